The molecule has 0 radical (unpaired) electrons. The summed E-state index contributed by atoms with van der Waals surface area (Å²) >= 11 is 0. The van der Waals surface area contributed by atoms with Crippen LogP contribution in [0.3, 0.4) is 0 Å². The molecule has 1 N–H and O–H groups in total. The van der Waals surface area contributed by atoms with Gasteiger partial charge in [-0.3, -0.25) is 9.59 Å². The SMILES string of the molecule is CCCC1NC(=O)C(CC)N(C2(C)CCC2)C1=O. The first kappa shape index (κ1) is 13.4. The maximum Gasteiger partial charge on any atom is 0.246 e. The lowest BCUT2D eigenvalue weighted by Gasteiger charge is -2.53. The zero-order valence-corrected chi connectivity index (χ0v) is 11.7. The van der Waals surface area contributed by atoms with Crippen molar-refractivity contribution < 1.29 is 9.59 Å². The van der Waals surface area contributed by atoms with Gasteiger partial charge in [0, 0.05) is 5.54 Å². The van der Waals surface area contributed by atoms with Crippen LogP contribution in [-0.4, -0.2) is 34.3 Å². The Morgan fingerprint density at radius 1 is 1.33 bits per heavy atom. The Balaban J connectivity index is 2.25. The van der Waals surface area contributed by atoms with E-state index in [4.69, 9.17) is 0 Å². The van der Waals surface area contributed by atoms with E-state index in [2.05, 4.69) is 12.2 Å². The Morgan fingerprint density at radius 2 is 2.00 bits per heavy atom. The Kier molecular flexibility index (Phi) is 3.64. The highest BCUT2D eigenvalue weighted by Crippen LogP contribution is 2.40. The number of amides is 2. The minimum absolute atomic E-state index is 0.0312. The van der Waals surface area contributed by atoms with E-state index in [-0.39, 0.29) is 29.4 Å². The van der Waals surface area contributed by atoms with Crippen LogP contribution in [0.5, 0.6) is 0 Å². The molecule has 0 aromatic rings. The smallest absolute Gasteiger partial charge is 0.246 e. The summed E-state index contributed by atoms with van der Waals surface area (Å²) in [6.45, 7) is 6.14. The van der Waals surface area contributed by atoms with E-state index in [9.17, 15) is 9.59 Å². The van der Waals surface area contributed by atoms with E-state index in [0.717, 1.165) is 32.1 Å². The molecular formula is C14H24N2O2. The van der Waals surface area contributed by atoms with Crippen molar-refractivity contribution in [2.24, 2.45) is 0 Å². The molecule has 1 aliphatic heterocycles. The molecule has 102 valence electrons. The van der Waals surface area contributed by atoms with Gasteiger partial charge < -0.3 is 10.2 Å². The van der Waals surface area contributed by atoms with Gasteiger partial charge in [-0.15, -0.1) is 0 Å². The van der Waals surface area contributed by atoms with E-state index in [1.54, 1.807) is 0 Å². The zero-order valence-electron chi connectivity index (χ0n) is 11.7. The van der Waals surface area contributed by atoms with Crippen molar-refractivity contribution in [2.45, 2.75) is 76.9 Å². The zero-order chi connectivity index (χ0) is 13.3. The summed E-state index contributed by atoms with van der Waals surface area (Å²) in [5, 5.41) is 2.89. The number of piperazine rings is 1. The molecular weight excluding hydrogens is 228 g/mol. The molecule has 0 spiro atoms. The predicted molar refractivity (Wildman–Crippen MR) is 70.0 cm³/mol. The second-order valence-electron chi connectivity index (χ2n) is 5.83. The third-order valence-corrected chi connectivity index (χ3v) is 4.44. The molecule has 1 saturated heterocycles. The van der Waals surface area contributed by atoms with Crippen molar-refractivity contribution in [2.75, 3.05) is 0 Å². The van der Waals surface area contributed by atoms with Gasteiger partial charge in [-0.1, -0.05) is 20.3 Å². The van der Waals surface area contributed by atoms with E-state index in [1.807, 2.05) is 18.7 Å². The molecule has 4 heteroatoms. The highest BCUT2D eigenvalue weighted by atomic mass is 16.2. The summed E-state index contributed by atoms with van der Waals surface area (Å²) in [6.07, 6.45) is 5.58. The van der Waals surface area contributed by atoms with Gasteiger partial charge >= 0.3 is 0 Å². The number of nitrogens with one attached hydrogen (secondary N) is 1. The van der Waals surface area contributed by atoms with Gasteiger partial charge in [-0.2, -0.15) is 0 Å². The van der Waals surface area contributed by atoms with E-state index in [0.29, 0.717) is 6.42 Å². The van der Waals surface area contributed by atoms with Crippen LogP contribution in [0.25, 0.3) is 0 Å². The lowest BCUT2D eigenvalue weighted by atomic mass is 9.75. The van der Waals surface area contributed by atoms with Crippen LogP contribution in [0.1, 0.15) is 59.3 Å². The minimum atomic E-state index is -0.303. The van der Waals surface area contributed by atoms with Crippen LogP contribution < -0.4 is 5.32 Å². The number of hydrogen-bond donors (Lipinski definition) is 1. The topological polar surface area (TPSA) is 49.4 Å². The van der Waals surface area contributed by atoms with Gasteiger partial charge in [0.25, 0.3) is 0 Å². The van der Waals surface area contributed by atoms with E-state index in [1.165, 1.54) is 0 Å². The van der Waals surface area contributed by atoms with Crippen molar-refractivity contribution in [3.05, 3.63) is 0 Å². The third kappa shape index (κ3) is 2.02. The standard InChI is InChI=1S/C14H24N2O2/c1-4-7-10-13(18)16(14(3)8-6-9-14)11(5-2)12(17)15-10/h10-11H,4-9H2,1-3H3,(H,15,17). The highest BCUT2D eigenvalue weighted by Gasteiger charge is 2.50. The quantitative estimate of drug-likeness (QED) is 0.830. The van der Waals surface area contributed by atoms with Gasteiger partial charge in [0.2, 0.25) is 11.8 Å². The Labute approximate surface area is 109 Å². The molecule has 18 heavy (non-hydrogen) atoms. The summed E-state index contributed by atoms with van der Waals surface area (Å²) in [7, 11) is 0. The molecule has 2 atom stereocenters. The molecule has 2 rings (SSSR count). The summed E-state index contributed by atoms with van der Waals surface area (Å²) < 4.78 is 0. The number of carbonyl (C=O) groups is 2. The van der Waals surface area contributed by atoms with Crippen molar-refractivity contribution in [3.63, 3.8) is 0 Å². The first-order chi connectivity index (χ1) is 8.53. The molecule has 1 aliphatic carbocycles. The Morgan fingerprint density at radius 3 is 2.44 bits per heavy atom. The monoisotopic (exact) mass is 252 g/mol. The van der Waals surface area contributed by atoms with Crippen LogP contribution >= 0.6 is 0 Å². The van der Waals surface area contributed by atoms with E-state index < -0.39 is 0 Å². The average molecular weight is 252 g/mol. The molecule has 1 saturated carbocycles. The molecule has 2 aliphatic rings. The lowest BCUT2D eigenvalue weighted by Crippen LogP contribution is -2.70. The van der Waals surface area contributed by atoms with Crippen LogP contribution in [-0.2, 0) is 9.59 Å². The number of hydrogen-bond acceptors (Lipinski definition) is 2. The molecule has 4 nitrogen and oxygen atoms in total. The van der Waals surface area contributed by atoms with Gasteiger partial charge in [-0.05, 0) is 39.0 Å². The van der Waals surface area contributed by atoms with Gasteiger partial charge in [0.15, 0.2) is 0 Å². The van der Waals surface area contributed by atoms with Gasteiger partial charge in [0.1, 0.15) is 12.1 Å². The number of rotatable bonds is 4. The fourth-order valence-electron chi connectivity index (χ4n) is 3.19. The summed E-state index contributed by atoms with van der Waals surface area (Å²) in [4.78, 5) is 26.6. The first-order valence-electron chi connectivity index (χ1n) is 7.17. The van der Waals surface area contributed by atoms with Crippen molar-refractivity contribution in [1.82, 2.24) is 10.2 Å². The normalized spacial score (nSPS) is 30.9. The fourth-order valence-corrected chi connectivity index (χ4v) is 3.19. The summed E-state index contributed by atoms with van der Waals surface area (Å²) in [5.41, 5.74) is -0.0818. The fraction of sp³-hybridized carbons (Fsp3) is 0.857. The first-order valence-corrected chi connectivity index (χ1v) is 7.17. The van der Waals surface area contributed by atoms with Crippen LogP contribution in [0.2, 0.25) is 0 Å². The van der Waals surface area contributed by atoms with Gasteiger partial charge in [-0.25, -0.2) is 0 Å². The second kappa shape index (κ2) is 4.90. The van der Waals surface area contributed by atoms with Gasteiger partial charge in [0.05, 0.1) is 0 Å². The van der Waals surface area contributed by atoms with Crippen molar-refractivity contribution in [3.8, 4) is 0 Å². The predicted octanol–water partition coefficient (Wildman–Crippen LogP) is 1.83. The van der Waals surface area contributed by atoms with Crippen LogP contribution in [0, 0.1) is 0 Å². The van der Waals surface area contributed by atoms with Crippen molar-refractivity contribution in [1.29, 1.82) is 0 Å². The molecule has 2 fully saturated rings. The number of nitrogens with zero attached hydrogens (tertiary/aromatic N) is 1. The van der Waals surface area contributed by atoms with E-state index >= 15 is 0 Å². The average Bonchev–Trinajstić information content (AvgIpc) is 2.30. The summed E-state index contributed by atoms with van der Waals surface area (Å²) in [5.74, 6) is 0.161. The highest BCUT2D eigenvalue weighted by molar-refractivity contribution is 5.97. The van der Waals surface area contributed by atoms with Crippen molar-refractivity contribution >= 4 is 11.8 Å². The summed E-state index contributed by atoms with van der Waals surface area (Å²) in [6, 6.07) is -0.571. The maximum absolute atomic E-state index is 12.6. The largest absolute Gasteiger partial charge is 0.343 e. The Bertz CT molecular complexity index is 350. The molecule has 0 aromatic carbocycles. The molecule has 1 heterocycles. The second-order valence-corrected chi connectivity index (χ2v) is 5.83. The molecule has 0 aromatic heterocycles. The minimum Gasteiger partial charge on any atom is -0.343 e. The maximum atomic E-state index is 12.6. The Hall–Kier alpha value is -1.06. The molecule has 0 bridgehead atoms. The van der Waals surface area contributed by atoms with Crippen LogP contribution in [0.4, 0.5) is 0 Å². The number of carbonyl (C=O) groups excluding carboxylic acids is 2. The molecule has 2 unspecified atom stereocenters. The lowest BCUT2D eigenvalue weighted by molar-refractivity contribution is -0.161. The molecule has 2 amide bonds. The van der Waals surface area contributed by atoms with Crippen LogP contribution in [0.15, 0.2) is 0 Å². The third-order valence-electron chi connectivity index (χ3n) is 4.44.